The van der Waals surface area contributed by atoms with Gasteiger partial charge in [-0.25, -0.2) is 0 Å². The van der Waals surface area contributed by atoms with Crippen LogP contribution in [0.15, 0.2) is 58.5 Å². The third-order valence-electron chi connectivity index (χ3n) is 3.91. The Hall–Kier alpha value is -2.62. The predicted octanol–water partition coefficient (Wildman–Crippen LogP) is 4.59. The average molecular weight is 338 g/mol. The Morgan fingerprint density at radius 3 is 1.44 bits per heavy atom. The van der Waals surface area contributed by atoms with Crippen LogP contribution in [0.5, 0.6) is 11.5 Å². The highest BCUT2D eigenvalue weighted by atomic mass is 16.3. The van der Waals surface area contributed by atoms with Crippen LogP contribution in [0.4, 0.5) is 0 Å². The molecule has 0 radical (unpaired) electrons. The van der Waals surface area contributed by atoms with Gasteiger partial charge in [-0.15, -0.1) is 0 Å². The molecule has 4 nitrogen and oxygen atoms in total. The standard InChI is InChI=1S/C21H26N2O2/c24-20-12-6-4-10-18(20)16-22-14-8-2-1-3-9-15-23-17-19-11-5-7-13-21(19)25/h4-7,10-13,16-17,24-25H,1-3,8-9,14-15H2/b22-16-,23-17+. The Kier molecular flexibility index (Phi) is 8.25. The molecule has 0 aliphatic heterocycles. The van der Waals surface area contributed by atoms with Crippen molar-refractivity contribution in [3.05, 3.63) is 59.7 Å². The third kappa shape index (κ3) is 7.21. The van der Waals surface area contributed by atoms with Gasteiger partial charge in [0.1, 0.15) is 11.5 Å². The zero-order valence-corrected chi connectivity index (χ0v) is 14.5. The number of nitrogens with zero attached hydrogens (tertiary/aromatic N) is 2. The first-order valence-electron chi connectivity index (χ1n) is 8.83. The summed E-state index contributed by atoms with van der Waals surface area (Å²) in [5.74, 6) is 0.547. The van der Waals surface area contributed by atoms with Crippen molar-refractivity contribution in [1.82, 2.24) is 0 Å². The zero-order chi connectivity index (χ0) is 17.7. The molecule has 0 bridgehead atoms. The van der Waals surface area contributed by atoms with Crippen molar-refractivity contribution in [3.8, 4) is 11.5 Å². The fourth-order valence-electron chi connectivity index (χ4n) is 2.46. The minimum Gasteiger partial charge on any atom is -0.507 e. The molecule has 2 N–H and O–H groups in total. The summed E-state index contributed by atoms with van der Waals surface area (Å²) in [6.45, 7) is 1.58. The van der Waals surface area contributed by atoms with Crippen LogP contribution in [0.3, 0.4) is 0 Å². The second-order valence-corrected chi connectivity index (χ2v) is 5.96. The average Bonchev–Trinajstić information content (AvgIpc) is 2.62. The number of aromatic hydroxyl groups is 2. The summed E-state index contributed by atoms with van der Waals surface area (Å²) in [5.41, 5.74) is 1.54. The van der Waals surface area contributed by atoms with Crippen molar-refractivity contribution in [1.29, 1.82) is 0 Å². The molecule has 0 atom stereocenters. The van der Waals surface area contributed by atoms with Crippen molar-refractivity contribution in [2.75, 3.05) is 13.1 Å². The minimum absolute atomic E-state index is 0.274. The van der Waals surface area contributed by atoms with Gasteiger partial charge in [-0.1, -0.05) is 43.5 Å². The number of para-hydroxylation sites is 2. The zero-order valence-electron chi connectivity index (χ0n) is 14.5. The second-order valence-electron chi connectivity index (χ2n) is 5.96. The first-order valence-corrected chi connectivity index (χ1v) is 8.83. The summed E-state index contributed by atoms with van der Waals surface area (Å²) in [6, 6.07) is 14.4. The van der Waals surface area contributed by atoms with Crippen LogP contribution in [0.2, 0.25) is 0 Å². The molecule has 2 rings (SSSR count). The number of rotatable bonds is 10. The van der Waals surface area contributed by atoms with Crippen LogP contribution < -0.4 is 0 Å². The molecule has 0 spiro atoms. The van der Waals surface area contributed by atoms with E-state index in [-0.39, 0.29) is 11.5 Å². The summed E-state index contributed by atoms with van der Waals surface area (Å²) in [4.78, 5) is 8.72. The highest BCUT2D eigenvalue weighted by Gasteiger charge is 1.95. The summed E-state index contributed by atoms with van der Waals surface area (Å²) < 4.78 is 0. The smallest absolute Gasteiger partial charge is 0.124 e. The third-order valence-corrected chi connectivity index (χ3v) is 3.91. The van der Waals surface area contributed by atoms with E-state index >= 15 is 0 Å². The van der Waals surface area contributed by atoms with Gasteiger partial charge in [0.2, 0.25) is 0 Å². The molecule has 0 saturated carbocycles. The summed E-state index contributed by atoms with van der Waals surface area (Å²) >= 11 is 0. The Labute approximate surface area is 149 Å². The van der Waals surface area contributed by atoms with Gasteiger partial charge in [0.05, 0.1) is 0 Å². The minimum atomic E-state index is 0.274. The molecule has 0 saturated heterocycles. The normalized spacial score (nSPS) is 11.5. The number of hydrogen-bond donors (Lipinski definition) is 2. The number of hydrogen-bond acceptors (Lipinski definition) is 4. The highest BCUT2D eigenvalue weighted by molar-refractivity contribution is 5.83. The van der Waals surface area contributed by atoms with E-state index in [9.17, 15) is 10.2 Å². The molecule has 0 fully saturated rings. The van der Waals surface area contributed by atoms with Crippen molar-refractivity contribution < 1.29 is 10.2 Å². The van der Waals surface area contributed by atoms with Gasteiger partial charge in [0, 0.05) is 36.6 Å². The largest absolute Gasteiger partial charge is 0.507 e. The maximum atomic E-state index is 9.63. The molecule has 0 unspecified atom stereocenters. The number of phenols is 2. The molecule has 132 valence electrons. The molecule has 2 aromatic carbocycles. The van der Waals surface area contributed by atoms with Crippen molar-refractivity contribution in [2.45, 2.75) is 32.1 Å². The van der Waals surface area contributed by atoms with Gasteiger partial charge in [-0.3, -0.25) is 9.98 Å². The van der Waals surface area contributed by atoms with Gasteiger partial charge in [-0.05, 0) is 37.1 Å². The fourth-order valence-corrected chi connectivity index (χ4v) is 2.46. The Morgan fingerprint density at radius 2 is 1.00 bits per heavy atom. The van der Waals surface area contributed by atoms with E-state index in [0.29, 0.717) is 0 Å². The van der Waals surface area contributed by atoms with Crippen LogP contribution >= 0.6 is 0 Å². The molecular weight excluding hydrogens is 312 g/mol. The van der Waals surface area contributed by atoms with Crippen LogP contribution in [0, 0.1) is 0 Å². The van der Waals surface area contributed by atoms with Crippen molar-refractivity contribution >= 4 is 12.4 Å². The first-order chi connectivity index (χ1) is 12.3. The predicted molar refractivity (Wildman–Crippen MR) is 104 cm³/mol. The lowest BCUT2D eigenvalue weighted by molar-refractivity contribution is 0.474. The van der Waals surface area contributed by atoms with Gasteiger partial charge in [-0.2, -0.15) is 0 Å². The molecule has 4 heteroatoms. The van der Waals surface area contributed by atoms with Crippen LogP contribution in [0.1, 0.15) is 43.2 Å². The lowest BCUT2D eigenvalue weighted by Crippen LogP contribution is -1.88. The Balaban J connectivity index is 1.50. The van der Waals surface area contributed by atoms with Crippen LogP contribution in [-0.2, 0) is 0 Å². The summed E-state index contributed by atoms with van der Waals surface area (Å²) in [6.07, 6.45) is 9.09. The Bertz CT molecular complexity index is 636. The van der Waals surface area contributed by atoms with E-state index in [1.54, 1.807) is 36.7 Å². The second kappa shape index (κ2) is 11.0. The monoisotopic (exact) mass is 338 g/mol. The van der Waals surface area contributed by atoms with E-state index in [1.807, 2.05) is 24.3 Å². The molecule has 0 amide bonds. The Morgan fingerprint density at radius 1 is 0.600 bits per heavy atom. The number of phenolic OH excluding ortho intramolecular Hbond substituents is 2. The molecule has 0 heterocycles. The fraction of sp³-hybridized carbons (Fsp3) is 0.333. The van der Waals surface area contributed by atoms with Crippen LogP contribution in [0.25, 0.3) is 0 Å². The first kappa shape index (κ1) is 18.7. The van der Waals surface area contributed by atoms with Crippen molar-refractivity contribution in [3.63, 3.8) is 0 Å². The van der Waals surface area contributed by atoms with E-state index in [2.05, 4.69) is 9.98 Å². The number of benzene rings is 2. The maximum absolute atomic E-state index is 9.63. The molecule has 0 aliphatic carbocycles. The van der Waals surface area contributed by atoms with E-state index in [4.69, 9.17) is 0 Å². The lowest BCUT2D eigenvalue weighted by Gasteiger charge is -2.00. The lowest BCUT2D eigenvalue weighted by atomic mass is 10.1. The topological polar surface area (TPSA) is 65.2 Å². The molecule has 0 aliphatic rings. The highest BCUT2D eigenvalue weighted by Crippen LogP contribution is 2.13. The van der Waals surface area contributed by atoms with Gasteiger partial charge >= 0.3 is 0 Å². The molecule has 25 heavy (non-hydrogen) atoms. The quantitative estimate of drug-likeness (QED) is 0.492. The molecular formula is C21H26N2O2. The number of aliphatic imine (C=N–C) groups is 2. The summed E-state index contributed by atoms with van der Waals surface area (Å²) in [5, 5.41) is 19.3. The summed E-state index contributed by atoms with van der Waals surface area (Å²) in [7, 11) is 0. The van der Waals surface area contributed by atoms with Crippen molar-refractivity contribution in [2.24, 2.45) is 9.98 Å². The van der Waals surface area contributed by atoms with Gasteiger partial charge in [0.25, 0.3) is 0 Å². The maximum Gasteiger partial charge on any atom is 0.124 e. The number of unbranched alkanes of at least 4 members (excludes halogenated alkanes) is 4. The van der Waals surface area contributed by atoms with E-state index in [0.717, 1.165) is 49.9 Å². The van der Waals surface area contributed by atoms with E-state index < -0.39 is 0 Å². The SMILES string of the molecule is Oc1ccccc1/C=N\CCCCCCC/N=C/c1ccccc1O. The van der Waals surface area contributed by atoms with Gasteiger partial charge < -0.3 is 10.2 Å². The van der Waals surface area contributed by atoms with Gasteiger partial charge in [0.15, 0.2) is 0 Å². The molecule has 0 aromatic heterocycles. The van der Waals surface area contributed by atoms with E-state index in [1.165, 1.54) is 6.42 Å². The van der Waals surface area contributed by atoms with Crippen LogP contribution in [-0.4, -0.2) is 35.7 Å². The molecule has 2 aromatic rings.